The van der Waals surface area contributed by atoms with Crippen molar-refractivity contribution in [2.75, 3.05) is 24.9 Å². The van der Waals surface area contributed by atoms with Crippen molar-refractivity contribution < 1.29 is 14.3 Å². The van der Waals surface area contributed by atoms with Crippen LogP contribution in [0, 0.1) is 6.92 Å². The fraction of sp³-hybridized carbons (Fsp3) is 0.188. The number of anilines is 2. The fourth-order valence-electron chi connectivity index (χ4n) is 1.88. The molecule has 0 spiro atoms. The van der Waals surface area contributed by atoms with E-state index in [0.717, 1.165) is 5.56 Å². The molecule has 116 valence electrons. The van der Waals surface area contributed by atoms with Crippen LogP contribution < -0.4 is 25.8 Å². The molecule has 0 fully saturated rings. The maximum atomic E-state index is 11.8. The number of amides is 2. The van der Waals surface area contributed by atoms with Crippen LogP contribution in [0.5, 0.6) is 11.5 Å². The Morgan fingerprint density at radius 2 is 1.91 bits per heavy atom. The number of urea groups is 1. The van der Waals surface area contributed by atoms with Crippen molar-refractivity contribution in [2.24, 2.45) is 0 Å². The molecule has 6 nitrogen and oxygen atoms in total. The van der Waals surface area contributed by atoms with Gasteiger partial charge in [-0.1, -0.05) is 18.2 Å². The summed E-state index contributed by atoms with van der Waals surface area (Å²) >= 11 is 0. The number of hydrogen-bond donors (Lipinski definition) is 3. The van der Waals surface area contributed by atoms with Crippen LogP contribution >= 0.6 is 0 Å². The highest BCUT2D eigenvalue weighted by Gasteiger charge is 2.06. The molecular formula is C16H19N3O3. The lowest BCUT2D eigenvalue weighted by atomic mass is 10.2. The van der Waals surface area contributed by atoms with Gasteiger partial charge in [-0.2, -0.15) is 0 Å². The van der Waals surface area contributed by atoms with Crippen LogP contribution in [0.25, 0.3) is 0 Å². The first kappa shape index (κ1) is 15.5. The Balaban J connectivity index is 1.85. The monoisotopic (exact) mass is 301 g/mol. The van der Waals surface area contributed by atoms with Gasteiger partial charge in [-0.3, -0.25) is 0 Å². The topological polar surface area (TPSA) is 85.6 Å². The minimum atomic E-state index is -0.398. The van der Waals surface area contributed by atoms with E-state index in [-0.39, 0.29) is 6.73 Å². The first-order valence-corrected chi connectivity index (χ1v) is 6.77. The van der Waals surface area contributed by atoms with Crippen LogP contribution in [0.4, 0.5) is 16.2 Å². The molecule has 22 heavy (non-hydrogen) atoms. The van der Waals surface area contributed by atoms with E-state index in [0.29, 0.717) is 22.9 Å². The number of rotatable bonds is 5. The van der Waals surface area contributed by atoms with Gasteiger partial charge in [-0.05, 0) is 36.8 Å². The second kappa shape index (κ2) is 7.21. The molecule has 0 saturated heterocycles. The maximum absolute atomic E-state index is 11.8. The average Bonchev–Trinajstić information content (AvgIpc) is 2.50. The van der Waals surface area contributed by atoms with Gasteiger partial charge in [0.1, 0.15) is 0 Å². The number of nitrogens with one attached hydrogen (secondary N) is 2. The highest BCUT2D eigenvalue weighted by atomic mass is 16.5. The summed E-state index contributed by atoms with van der Waals surface area (Å²) < 4.78 is 10.6. The second-order valence-electron chi connectivity index (χ2n) is 4.66. The number of aryl methyl sites for hydroxylation is 1. The molecule has 2 rings (SSSR count). The van der Waals surface area contributed by atoms with Crippen molar-refractivity contribution in [3.8, 4) is 11.5 Å². The molecule has 0 saturated carbocycles. The zero-order valence-corrected chi connectivity index (χ0v) is 12.6. The molecule has 0 heterocycles. The van der Waals surface area contributed by atoms with E-state index >= 15 is 0 Å². The summed E-state index contributed by atoms with van der Waals surface area (Å²) in [5.41, 5.74) is 7.94. The van der Waals surface area contributed by atoms with Crippen molar-refractivity contribution in [1.29, 1.82) is 0 Å². The molecule has 0 radical (unpaired) electrons. The molecule has 6 heteroatoms. The number of para-hydroxylation sites is 2. The van der Waals surface area contributed by atoms with Gasteiger partial charge in [0.2, 0.25) is 0 Å². The summed E-state index contributed by atoms with van der Waals surface area (Å²) in [6.45, 7) is 1.94. The SMILES string of the molecule is COc1ccccc1OCNC(=O)Nc1ccc(C)cc1N. The molecule has 0 bridgehead atoms. The zero-order valence-electron chi connectivity index (χ0n) is 12.6. The number of ether oxygens (including phenoxy) is 2. The molecular weight excluding hydrogens is 282 g/mol. The summed E-state index contributed by atoms with van der Waals surface area (Å²) in [4.78, 5) is 11.8. The number of carbonyl (C=O) groups is 1. The summed E-state index contributed by atoms with van der Waals surface area (Å²) in [7, 11) is 1.56. The molecule has 2 aromatic carbocycles. The van der Waals surface area contributed by atoms with Gasteiger partial charge < -0.3 is 25.8 Å². The Morgan fingerprint density at radius 1 is 1.18 bits per heavy atom. The predicted molar refractivity (Wildman–Crippen MR) is 86.2 cm³/mol. The number of hydrogen-bond acceptors (Lipinski definition) is 4. The van der Waals surface area contributed by atoms with Crippen LogP contribution in [-0.4, -0.2) is 19.9 Å². The Labute approximate surface area is 129 Å². The number of benzene rings is 2. The Hall–Kier alpha value is -2.89. The summed E-state index contributed by atoms with van der Waals surface area (Å²) in [6, 6.07) is 12.2. The van der Waals surface area contributed by atoms with Crippen molar-refractivity contribution in [3.63, 3.8) is 0 Å². The van der Waals surface area contributed by atoms with E-state index in [2.05, 4.69) is 10.6 Å². The first-order valence-electron chi connectivity index (χ1n) is 6.77. The third-order valence-electron chi connectivity index (χ3n) is 2.98. The van der Waals surface area contributed by atoms with Crippen molar-refractivity contribution in [3.05, 3.63) is 48.0 Å². The number of carbonyl (C=O) groups excluding carboxylic acids is 1. The van der Waals surface area contributed by atoms with Gasteiger partial charge in [0.15, 0.2) is 18.2 Å². The molecule has 0 unspecified atom stereocenters. The molecule has 0 aromatic heterocycles. The molecule has 0 aliphatic carbocycles. The zero-order chi connectivity index (χ0) is 15.9. The van der Waals surface area contributed by atoms with Crippen LogP contribution in [-0.2, 0) is 0 Å². The van der Waals surface area contributed by atoms with Crippen molar-refractivity contribution in [2.45, 2.75) is 6.92 Å². The fourth-order valence-corrected chi connectivity index (χ4v) is 1.88. The minimum absolute atomic E-state index is 0.0119. The van der Waals surface area contributed by atoms with E-state index in [1.54, 1.807) is 31.4 Å². The Kier molecular flexibility index (Phi) is 5.08. The lowest BCUT2D eigenvalue weighted by Crippen LogP contribution is -2.32. The van der Waals surface area contributed by atoms with Gasteiger partial charge in [-0.15, -0.1) is 0 Å². The summed E-state index contributed by atoms with van der Waals surface area (Å²) in [5.74, 6) is 1.16. The lowest BCUT2D eigenvalue weighted by molar-refractivity contribution is 0.231. The largest absolute Gasteiger partial charge is 0.493 e. The highest BCUT2D eigenvalue weighted by Crippen LogP contribution is 2.25. The minimum Gasteiger partial charge on any atom is -0.493 e. The first-order chi connectivity index (χ1) is 10.6. The summed E-state index contributed by atoms with van der Waals surface area (Å²) in [5, 5.41) is 5.26. The van der Waals surface area contributed by atoms with E-state index in [9.17, 15) is 4.79 Å². The third-order valence-corrected chi connectivity index (χ3v) is 2.98. The van der Waals surface area contributed by atoms with Crippen LogP contribution in [0.2, 0.25) is 0 Å². The number of nitrogens with two attached hydrogens (primary N) is 1. The van der Waals surface area contributed by atoms with E-state index in [4.69, 9.17) is 15.2 Å². The predicted octanol–water partition coefficient (Wildman–Crippen LogP) is 2.74. The number of methoxy groups -OCH3 is 1. The van der Waals surface area contributed by atoms with Gasteiger partial charge in [-0.25, -0.2) is 4.79 Å². The molecule has 2 aromatic rings. The summed E-state index contributed by atoms with van der Waals surface area (Å²) in [6.07, 6.45) is 0. The van der Waals surface area contributed by atoms with E-state index in [1.165, 1.54) is 0 Å². The van der Waals surface area contributed by atoms with Crippen molar-refractivity contribution >= 4 is 17.4 Å². The van der Waals surface area contributed by atoms with Crippen LogP contribution in [0.15, 0.2) is 42.5 Å². The Morgan fingerprint density at radius 3 is 2.59 bits per heavy atom. The average molecular weight is 301 g/mol. The second-order valence-corrected chi connectivity index (χ2v) is 4.66. The lowest BCUT2D eigenvalue weighted by Gasteiger charge is -2.12. The van der Waals surface area contributed by atoms with Gasteiger partial charge in [0, 0.05) is 0 Å². The molecule has 0 aliphatic heterocycles. The van der Waals surface area contributed by atoms with Crippen LogP contribution in [0.1, 0.15) is 5.56 Å². The molecule has 2 amide bonds. The van der Waals surface area contributed by atoms with E-state index < -0.39 is 6.03 Å². The molecule has 0 aliphatic rings. The van der Waals surface area contributed by atoms with Gasteiger partial charge >= 0.3 is 6.03 Å². The quantitative estimate of drug-likeness (QED) is 0.585. The van der Waals surface area contributed by atoms with Crippen molar-refractivity contribution in [1.82, 2.24) is 5.32 Å². The van der Waals surface area contributed by atoms with E-state index in [1.807, 2.05) is 25.1 Å². The Bertz CT molecular complexity index is 659. The molecule has 4 N–H and O–H groups in total. The van der Waals surface area contributed by atoms with Gasteiger partial charge in [0.25, 0.3) is 0 Å². The highest BCUT2D eigenvalue weighted by molar-refractivity contribution is 5.92. The third kappa shape index (κ3) is 4.05. The van der Waals surface area contributed by atoms with Gasteiger partial charge in [0.05, 0.1) is 18.5 Å². The smallest absolute Gasteiger partial charge is 0.321 e. The van der Waals surface area contributed by atoms with Crippen LogP contribution in [0.3, 0.4) is 0 Å². The number of nitrogen functional groups attached to an aromatic ring is 1. The maximum Gasteiger partial charge on any atom is 0.321 e. The molecule has 0 atom stereocenters. The standard InChI is InChI=1S/C16H19N3O3/c1-11-7-8-13(12(17)9-11)19-16(20)18-10-22-15-6-4-3-5-14(15)21-2/h3-9H,10,17H2,1-2H3,(H2,18,19,20). The normalized spacial score (nSPS) is 9.91.